The zero-order valence-corrected chi connectivity index (χ0v) is 13.2. The van der Waals surface area contributed by atoms with E-state index in [-0.39, 0.29) is 6.15 Å². The summed E-state index contributed by atoms with van der Waals surface area (Å²) in [4.78, 5) is 10.3. The monoisotopic (exact) mass is 288 g/mol. The fourth-order valence-corrected chi connectivity index (χ4v) is 2.37. The van der Waals surface area contributed by atoms with Crippen molar-refractivity contribution in [3.63, 3.8) is 0 Å². The van der Waals surface area contributed by atoms with Crippen LogP contribution in [0, 0.1) is 0 Å². The summed E-state index contributed by atoms with van der Waals surface area (Å²) in [5.41, 5.74) is 5.45. The lowest BCUT2D eigenvalue weighted by molar-refractivity contribution is -0.137. The van der Waals surface area contributed by atoms with Gasteiger partial charge in [-0.05, 0) is 19.4 Å². The molecule has 4 nitrogen and oxygen atoms in total. The number of hydrogen-bond donors (Lipinski definition) is 3. The van der Waals surface area contributed by atoms with Gasteiger partial charge in [-0.3, -0.25) is 4.79 Å². The van der Waals surface area contributed by atoms with E-state index in [4.69, 9.17) is 10.8 Å². The average Bonchev–Trinajstić information content (AvgIpc) is 2.39. The number of nitrogens with two attached hydrogens (primary N) is 1. The van der Waals surface area contributed by atoms with Gasteiger partial charge >= 0.3 is 5.97 Å². The van der Waals surface area contributed by atoms with Crippen LogP contribution in [0.4, 0.5) is 0 Å². The molecule has 0 radical (unpaired) electrons. The number of carboxylic acids is 1. The van der Waals surface area contributed by atoms with Crippen molar-refractivity contribution in [2.75, 3.05) is 6.54 Å². The highest BCUT2D eigenvalue weighted by molar-refractivity contribution is 5.66. The van der Waals surface area contributed by atoms with Crippen molar-refractivity contribution >= 4 is 5.97 Å². The normalized spacial score (nSPS) is 10.2. The number of carbonyl (C=O) groups is 1. The molecule has 0 unspecified atom stereocenters. The first-order valence-electron chi connectivity index (χ1n) is 8.19. The Labute approximate surface area is 125 Å². The van der Waals surface area contributed by atoms with Crippen LogP contribution in [0.2, 0.25) is 0 Å². The lowest BCUT2D eigenvalue weighted by Crippen LogP contribution is -1.97. The summed E-state index contributed by atoms with van der Waals surface area (Å²) in [5.74, 6) is -0.661. The highest BCUT2D eigenvalue weighted by atomic mass is 16.4. The molecule has 0 heterocycles. The van der Waals surface area contributed by atoms with Crippen LogP contribution >= 0.6 is 0 Å². The topological polar surface area (TPSA) is 98.3 Å². The van der Waals surface area contributed by atoms with Crippen molar-refractivity contribution in [2.45, 2.75) is 89.9 Å². The maximum atomic E-state index is 10.3. The quantitative estimate of drug-likeness (QED) is 0.382. The lowest BCUT2D eigenvalue weighted by atomic mass is 10.0. The minimum Gasteiger partial charge on any atom is -0.481 e. The molecule has 6 N–H and O–H groups in total. The van der Waals surface area contributed by atoms with Gasteiger partial charge in [-0.25, -0.2) is 0 Å². The molecule has 0 aromatic rings. The summed E-state index contributed by atoms with van der Waals surface area (Å²) < 4.78 is 0. The van der Waals surface area contributed by atoms with Gasteiger partial charge in [0.15, 0.2) is 0 Å². The molecule has 0 spiro atoms. The molecule has 0 rings (SSSR count). The Hall–Kier alpha value is -0.610. The molecule has 20 heavy (non-hydrogen) atoms. The first-order chi connectivity index (χ1) is 9.27. The van der Waals surface area contributed by atoms with E-state index in [2.05, 4.69) is 0 Å². The van der Waals surface area contributed by atoms with Crippen LogP contribution < -0.4 is 11.9 Å². The van der Waals surface area contributed by atoms with Crippen molar-refractivity contribution in [1.29, 1.82) is 0 Å². The summed E-state index contributed by atoms with van der Waals surface area (Å²) in [6.07, 6.45) is 16.7. The molecule has 0 aliphatic carbocycles. The van der Waals surface area contributed by atoms with Crippen LogP contribution in [0.5, 0.6) is 0 Å². The van der Waals surface area contributed by atoms with Crippen LogP contribution in [-0.2, 0) is 4.79 Å². The summed E-state index contributed by atoms with van der Waals surface area (Å²) in [5, 5.41) is 8.50. The molecule has 0 saturated carbocycles. The van der Waals surface area contributed by atoms with Gasteiger partial charge in [0.05, 0.1) is 0 Å². The molecule has 0 fully saturated rings. The molecule has 122 valence electrons. The first-order valence-corrected chi connectivity index (χ1v) is 8.19. The molecular formula is C16H36N2O2. The maximum Gasteiger partial charge on any atom is 0.303 e. The van der Waals surface area contributed by atoms with Gasteiger partial charge in [0.25, 0.3) is 0 Å². The van der Waals surface area contributed by atoms with Crippen LogP contribution in [0.15, 0.2) is 0 Å². The zero-order chi connectivity index (χ0) is 14.2. The Bertz CT molecular complexity index is 199. The molecule has 0 aliphatic heterocycles. The Morgan fingerprint density at radius 3 is 1.25 bits per heavy atom. The maximum absolute atomic E-state index is 10.3. The number of unbranched alkanes of at least 4 members (excludes halogenated alkanes) is 12. The van der Waals surface area contributed by atoms with Crippen LogP contribution in [0.1, 0.15) is 89.9 Å². The van der Waals surface area contributed by atoms with E-state index in [0.29, 0.717) is 6.42 Å². The molecular weight excluding hydrogens is 252 g/mol. The SMILES string of the molecule is N.NCCCCCCCCCCCCCCCC(=O)O. The van der Waals surface area contributed by atoms with Crippen LogP contribution in [0.25, 0.3) is 0 Å². The third-order valence-electron chi connectivity index (χ3n) is 3.59. The second-order valence-electron chi connectivity index (χ2n) is 5.53. The number of rotatable bonds is 15. The van der Waals surface area contributed by atoms with Crippen LogP contribution in [0.3, 0.4) is 0 Å². The number of aliphatic carboxylic acids is 1. The van der Waals surface area contributed by atoms with Crippen molar-refractivity contribution in [2.24, 2.45) is 5.73 Å². The smallest absolute Gasteiger partial charge is 0.303 e. The third-order valence-corrected chi connectivity index (χ3v) is 3.59. The van der Waals surface area contributed by atoms with Gasteiger partial charge < -0.3 is 17.0 Å². The largest absolute Gasteiger partial charge is 0.481 e. The summed E-state index contributed by atoms with van der Waals surface area (Å²) in [7, 11) is 0. The van der Waals surface area contributed by atoms with Gasteiger partial charge in [0, 0.05) is 6.42 Å². The van der Waals surface area contributed by atoms with E-state index in [1.807, 2.05) is 0 Å². The molecule has 0 aromatic heterocycles. The van der Waals surface area contributed by atoms with Crippen molar-refractivity contribution < 1.29 is 9.90 Å². The van der Waals surface area contributed by atoms with Crippen molar-refractivity contribution in [3.05, 3.63) is 0 Å². The zero-order valence-electron chi connectivity index (χ0n) is 13.2. The van der Waals surface area contributed by atoms with Gasteiger partial charge in [0.2, 0.25) is 0 Å². The Kier molecular flexibility index (Phi) is 19.9. The van der Waals surface area contributed by atoms with Gasteiger partial charge in [-0.15, -0.1) is 0 Å². The minimum atomic E-state index is -0.661. The Morgan fingerprint density at radius 2 is 0.950 bits per heavy atom. The summed E-state index contributed by atoms with van der Waals surface area (Å²) >= 11 is 0. The standard InChI is InChI=1S/C16H33NO2.H3N/c17-15-13-11-9-7-5-3-1-2-4-6-8-10-12-14-16(18)19;/h1-15,17H2,(H,18,19);1H3. The first kappa shape index (κ1) is 21.7. The summed E-state index contributed by atoms with van der Waals surface area (Å²) in [6, 6.07) is 0. The van der Waals surface area contributed by atoms with Crippen molar-refractivity contribution in [3.8, 4) is 0 Å². The van der Waals surface area contributed by atoms with Crippen LogP contribution in [-0.4, -0.2) is 17.6 Å². The fourth-order valence-electron chi connectivity index (χ4n) is 2.37. The van der Waals surface area contributed by atoms with Gasteiger partial charge in [0.1, 0.15) is 0 Å². The Morgan fingerprint density at radius 1 is 0.650 bits per heavy atom. The second kappa shape index (κ2) is 18.4. The average molecular weight is 288 g/mol. The lowest BCUT2D eigenvalue weighted by Gasteiger charge is -2.02. The second-order valence-corrected chi connectivity index (χ2v) is 5.53. The third kappa shape index (κ3) is 19.7. The molecule has 0 saturated heterocycles. The minimum absolute atomic E-state index is 0. The van der Waals surface area contributed by atoms with E-state index in [1.54, 1.807) is 0 Å². The number of hydrogen-bond acceptors (Lipinski definition) is 3. The molecule has 4 heteroatoms. The predicted octanol–water partition coefficient (Wildman–Crippen LogP) is 4.65. The molecule has 0 atom stereocenters. The van der Waals surface area contributed by atoms with Crippen molar-refractivity contribution in [1.82, 2.24) is 6.15 Å². The molecule has 0 bridgehead atoms. The van der Waals surface area contributed by atoms with E-state index >= 15 is 0 Å². The van der Waals surface area contributed by atoms with E-state index in [0.717, 1.165) is 19.4 Å². The fraction of sp³-hybridized carbons (Fsp3) is 0.938. The van der Waals surface area contributed by atoms with E-state index in [1.165, 1.54) is 70.6 Å². The predicted molar refractivity (Wildman–Crippen MR) is 86.4 cm³/mol. The van der Waals surface area contributed by atoms with Gasteiger partial charge in [-0.2, -0.15) is 0 Å². The molecule has 0 amide bonds. The Balaban J connectivity index is 0. The highest BCUT2D eigenvalue weighted by Gasteiger charge is 1.96. The highest BCUT2D eigenvalue weighted by Crippen LogP contribution is 2.12. The van der Waals surface area contributed by atoms with E-state index < -0.39 is 5.97 Å². The van der Waals surface area contributed by atoms with Gasteiger partial charge in [-0.1, -0.05) is 70.6 Å². The number of carboxylic acid groups (broad SMARTS) is 1. The molecule has 0 aromatic carbocycles. The molecule has 0 aliphatic rings. The summed E-state index contributed by atoms with van der Waals surface area (Å²) in [6.45, 7) is 0.840. The van der Waals surface area contributed by atoms with E-state index in [9.17, 15) is 4.79 Å².